The molecule has 9 heteroatoms. The average Bonchev–Trinajstić information content (AvgIpc) is 3.15. The Kier molecular flexibility index (Phi) is 9.15. The molecule has 0 saturated carbocycles. The molecule has 8 nitrogen and oxygen atoms in total. The lowest BCUT2D eigenvalue weighted by Crippen LogP contribution is -2.35. The zero-order chi connectivity index (χ0) is 22.0. The lowest BCUT2D eigenvalue weighted by atomic mass is 10.0. The lowest BCUT2D eigenvalue weighted by molar-refractivity contribution is -0.116. The first-order valence-electron chi connectivity index (χ1n) is 10.3. The molecule has 0 radical (unpaired) electrons. The highest BCUT2D eigenvalue weighted by Crippen LogP contribution is 2.22. The summed E-state index contributed by atoms with van der Waals surface area (Å²) in [7, 11) is 1.42. The second kappa shape index (κ2) is 11.6. The first-order chi connectivity index (χ1) is 14.5. The van der Waals surface area contributed by atoms with Crippen molar-refractivity contribution < 1.29 is 19.0 Å². The minimum atomic E-state index is -1.14. The summed E-state index contributed by atoms with van der Waals surface area (Å²) in [6.45, 7) is 2.10. The summed E-state index contributed by atoms with van der Waals surface area (Å²) in [5.41, 5.74) is -0.617. The molecule has 0 fully saturated rings. The topological polar surface area (TPSA) is 102 Å². The number of carbonyl (C=O) groups excluding carboxylic acids is 1. The zero-order valence-corrected chi connectivity index (χ0v) is 17.7. The second-order valence-corrected chi connectivity index (χ2v) is 7.27. The number of aliphatic hydroxyl groups is 1. The van der Waals surface area contributed by atoms with Crippen LogP contribution >= 0.6 is 0 Å². The lowest BCUT2D eigenvalue weighted by Gasteiger charge is -2.24. The molecule has 30 heavy (non-hydrogen) atoms. The fourth-order valence-electron chi connectivity index (χ4n) is 3.15. The number of hydrogen-bond acceptors (Lipinski definition) is 6. The van der Waals surface area contributed by atoms with Crippen molar-refractivity contribution in [3.63, 3.8) is 0 Å². The number of fused-ring (bicyclic) bond motifs is 1. The zero-order valence-electron chi connectivity index (χ0n) is 17.7. The Balaban J connectivity index is 2.05. The van der Waals surface area contributed by atoms with Gasteiger partial charge in [-0.3, -0.25) is 4.79 Å². The molecule has 1 unspecified atom stereocenters. The van der Waals surface area contributed by atoms with Gasteiger partial charge in [-0.05, 0) is 6.42 Å². The molecule has 1 atom stereocenters. The maximum absolute atomic E-state index is 14.0. The van der Waals surface area contributed by atoms with Crippen molar-refractivity contribution in [3.05, 3.63) is 12.4 Å². The summed E-state index contributed by atoms with van der Waals surface area (Å²) < 4.78 is 20.8. The van der Waals surface area contributed by atoms with E-state index < -0.39 is 11.7 Å². The number of aromatic nitrogens is 4. The van der Waals surface area contributed by atoms with Crippen molar-refractivity contribution in [1.82, 2.24) is 19.5 Å². The molecule has 0 aliphatic carbocycles. The predicted molar refractivity (Wildman–Crippen MR) is 112 cm³/mol. The van der Waals surface area contributed by atoms with Gasteiger partial charge in [0.25, 0.3) is 0 Å². The first-order valence-corrected chi connectivity index (χ1v) is 10.3. The Bertz CT molecular complexity index is 873. The maximum atomic E-state index is 14.0. The monoisotopic (exact) mass is 419 g/mol. The molecule has 0 bridgehead atoms. The van der Waals surface area contributed by atoms with Gasteiger partial charge >= 0.3 is 6.08 Å². The summed E-state index contributed by atoms with van der Waals surface area (Å²) in [6, 6.07) is 0. The van der Waals surface area contributed by atoms with E-state index in [-0.39, 0.29) is 36.9 Å². The fraction of sp³-hybridized carbons (Fsp3) is 0.619. The van der Waals surface area contributed by atoms with E-state index in [1.54, 1.807) is 4.57 Å². The summed E-state index contributed by atoms with van der Waals surface area (Å²) in [5, 5.41) is 12.2. The third-order valence-electron chi connectivity index (χ3n) is 5.12. The molecule has 2 aromatic heterocycles. The van der Waals surface area contributed by atoms with Crippen LogP contribution in [0.25, 0.3) is 11.2 Å². The summed E-state index contributed by atoms with van der Waals surface area (Å²) in [4.78, 5) is 24.0. The van der Waals surface area contributed by atoms with Crippen molar-refractivity contribution in [2.24, 2.45) is 0 Å². The Morgan fingerprint density at radius 1 is 1.33 bits per heavy atom. The third kappa shape index (κ3) is 6.21. The second-order valence-electron chi connectivity index (χ2n) is 7.27. The molecule has 2 aromatic rings. The molecule has 2 rings (SSSR count). The number of aryl methyl sites for hydroxylation is 1. The summed E-state index contributed by atoms with van der Waals surface area (Å²) >= 11 is 0. The van der Waals surface area contributed by atoms with Crippen LogP contribution in [0, 0.1) is 18.4 Å². The highest BCUT2D eigenvalue weighted by atomic mass is 19.1. The molecular weight excluding hydrogens is 389 g/mol. The number of unbranched alkanes of at least 4 members (excludes halogenated alkanes) is 5. The van der Waals surface area contributed by atoms with Gasteiger partial charge in [-0.15, -0.1) is 6.42 Å². The standard InChI is InChI=1S/C21H30FN5O3/c1-4-6-7-8-9-10-11-16(29)24-18-17-19(26-20(22)25-18)27(15-23-17)13-12-21(5-2,14-28)30-3/h2,15,28H,4,6-14H2,1,3H3,(H,24,25,26,29). The van der Waals surface area contributed by atoms with Crippen molar-refractivity contribution in [2.45, 2.75) is 70.4 Å². The molecular formula is C21H30FN5O3. The van der Waals surface area contributed by atoms with E-state index in [0.29, 0.717) is 11.9 Å². The van der Waals surface area contributed by atoms with Crippen LogP contribution in [0.15, 0.2) is 6.33 Å². The molecule has 0 saturated heterocycles. The average molecular weight is 420 g/mol. The minimum Gasteiger partial charge on any atom is -0.392 e. The summed E-state index contributed by atoms with van der Waals surface area (Å²) in [6.07, 6.45) is 13.0. The van der Waals surface area contributed by atoms with Gasteiger partial charge in [0, 0.05) is 26.5 Å². The molecule has 0 aromatic carbocycles. The first kappa shape index (κ1) is 23.7. The number of methoxy groups -OCH3 is 1. The number of nitrogens with one attached hydrogen (secondary N) is 1. The van der Waals surface area contributed by atoms with Gasteiger partial charge in [0.15, 0.2) is 22.6 Å². The number of imidazole rings is 1. The van der Waals surface area contributed by atoms with Crippen LogP contribution in [-0.4, -0.2) is 49.9 Å². The normalized spacial score (nSPS) is 13.2. The quantitative estimate of drug-likeness (QED) is 0.294. The number of hydrogen-bond donors (Lipinski definition) is 2. The summed E-state index contributed by atoms with van der Waals surface area (Å²) in [5.74, 6) is 2.25. The number of halogens is 1. The van der Waals surface area contributed by atoms with E-state index in [0.717, 1.165) is 19.3 Å². The molecule has 2 N–H and O–H groups in total. The van der Waals surface area contributed by atoms with E-state index in [9.17, 15) is 14.3 Å². The highest BCUT2D eigenvalue weighted by Gasteiger charge is 2.26. The van der Waals surface area contributed by atoms with Crippen molar-refractivity contribution in [3.8, 4) is 12.3 Å². The Morgan fingerprint density at radius 2 is 2.07 bits per heavy atom. The SMILES string of the molecule is C#CC(CO)(CCn1cnc2c(NC(=O)CCCCCCCC)nc(F)nc21)OC. The smallest absolute Gasteiger partial charge is 0.312 e. The van der Waals surface area contributed by atoms with Crippen molar-refractivity contribution in [2.75, 3.05) is 19.0 Å². The van der Waals surface area contributed by atoms with E-state index in [4.69, 9.17) is 11.2 Å². The Hall–Kier alpha value is -2.57. The number of aliphatic hydroxyl groups excluding tert-OH is 1. The van der Waals surface area contributed by atoms with Crippen LogP contribution in [-0.2, 0) is 16.1 Å². The number of anilines is 1. The fourth-order valence-corrected chi connectivity index (χ4v) is 3.15. The van der Waals surface area contributed by atoms with Gasteiger partial charge in [-0.1, -0.05) is 44.9 Å². The van der Waals surface area contributed by atoms with Gasteiger partial charge in [-0.25, -0.2) is 4.98 Å². The Morgan fingerprint density at radius 3 is 2.73 bits per heavy atom. The van der Waals surface area contributed by atoms with E-state index in [2.05, 4.69) is 33.1 Å². The van der Waals surface area contributed by atoms with Crippen LogP contribution < -0.4 is 5.32 Å². The van der Waals surface area contributed by atoms with Crippen LogP contribution in [0.5, 0.6) is 0 Å². The van der Waals surface area contributed by atoms with Crippen molar-refractivity contribution >= 4 is 22.9 Å². The van der Waals surface area contributed by atoms with E-state index in [1.165, 1.54) is 32.7 Å². The number of rotatable bonds is 13. The molecule has 0 aliphatic rings. The molecule has 1 amide bonds. The highest BCUT2D eigenvalue weighted by molar-refractivity contribution is 5.96. The number of amides is 1. The molecule has 0 spiro atoms. The van der Waals surface area contributed by atoms with Crippen molar-refractivity contribution in [1.29, 1.82) is 0 Å². The number of terminal acetylenes is 1. The third-order valence-corrected chi connectivity index (χ3v) is 5.12. The Labute approximate surface area is 176 Å². The van der Waals surface area contributed by atoms with Gasteiger partial charge < -0.3 is 19.7 Å². The number of nitrogens with zero attached hydrogens (tertiary/aromatic N) is 4. The van der Waals surface area contributed by atoms with E-state index in [1.807, 2.05) is 0 Å². The van der Waals surface area contributed by atoms with Gasteiger partial charge in [-0.2, -0.15) is 14.4 Å². The van der Waals surface area contributed by atoms with E-state index >= 15 is 0 Å². The van der Waals surface area contributed by atoms with Gasteiger partial charge in [0.05, 0.1) is 12.9 Å². The minimum absolute atomic E-state index is 0.0457. The largest absolute Gasteiger partial charge is 0.392 e. The number of carbonyl (C=O) groups is 1. The van der Waals surface area contributed by atoms with Crippen LogP contribution in [0.1, 0.15) is 58.3 Å². The molecule has 164 valence electrons. The molecule has 2 heterocycles. The van der Waals surface area contributed by atoms with Crippen LogP contribution in [0.3, 0.4) is 0 Å². The number of ether oxygens (including phenoxy) is 1. The van der Waals surface area contributed by atoms with Crippen LogP contribution in [0.2, 0.25) is 0 Å². The van der Waals surface area contributed by atoms with Gasteiger partial charge in [0.1, 0.15) is 0 Å². The maximum Gasteiger partial charge on any atom is 0.312 e. The van der Waals surface area contributed by atoms with Crippen LogP contribution in [0.4, 0.5) is 10.2 Å². The molecule has 0 aliphatic heterocycles. The van der Waals surface area contributed by atoms with Gasteiger partial charge in [0.2, 0.25) is 5.91 Å². The predicted octanol–water partition coefficient (Wildman–Crippen LogP) is 3.06.